The number of hydrogen-bond acceptors (Lipinski definition) is 7. The van der Waals surface area contributed by atoms with Crippen LogP contribution in [0.3, 0.4) is 0 Å². The minimum atomic E-state index is -0.232. The van der Waals surface area contributed by atoms with E-state index in [4.69, 9.17) is 4.74 Å². The summed E-state index contributed by atoms with van der Waals surface area (Å²) >= 11 is 0. The van der Waals surface area contributed by atoms with Crippen molar-refractivity contribution in [2.24, 2.45) is 0 Å². The SMILES string of the molecule is CCOC(=O)Cc1ccc(Nc2ncc3nnn(-c4ccc5c(c4)CCC5)c3n2)cc1. The Morgan fingerprint density at radius 2 is 1.97 bits per heavy atom. The summed E-state index contributed by atoms with van der Waals surface area (Å²) < 4.78 is 6.74. The number of anilines is 2. The van der Waals surface area contributed by atoms with E-state index in [9.17, 15) is 4.79 Å². The molecule has 1 aliphatic carbocycles. The van der Waals surface area contributed by atoms with Crippen molar-refractivity contribution >= 4 is 28.8 Å². The van der Waals surface area contributed by atoms with E-state index >= 15 is 0 Å². The van der Waals surface area contributed by atoms with Gasteiger partial charge < -0.3 is 10.1 Å². The van der Waals surface area contributed by atoms with Gasteiger partial charge in [0.15, 0.2) is 11.2 Å². The van der Waals surface area contributed by atoms with Crippen LogP contribution in [0, 0.1) is 0 Å². The first kappa shape index (κ1) is 19.2. The molecule has 0 unspecified atom stereocenters. The lowest BCUT2D eigenvalue weighted by molar-refractivity contribution is -0.142. The largest absolute Gasteiger partial charge is 0.466 e. The number of hydrogen-bond donors (Lipinski definition) is 1. The molecular weight excluding hydrogens is 392 g/mol. The van der Waals surface area contributed by atoms with Crippen LogP contribution in [0.15, 0.2) is 48.7 Å². The number of aryl methyl sites for hydroxylation is 2. The fourth-order valence-electron chi connectivity index (χ4n) is 3.87. The fraction of sp³-hybridized carbons (Fsp3) is 0.261. The Hall–Kier alpha value is -3.81. The summed E-state index contributed by atoms with van der Waals surface area (Å²) in [6.45, 7) is 2.18. The van der Waals surface area contributed by atoms with Crippen LogP contribution in [-0.2, 0) is 28.8 Å². The number of carbonyl (C=O) groups excluding carboxylic acids is 1. The fourth-order valence-corrected chi connectivity index (χ4v) is 3.87. The van der Waals surface area contributed by atoms with Crippen LogP contribution in [-0.4, -0.2) is 37.5 Å². The van der Waals surface area contributed by atoms with Gasteiger partial charge in [-0.25, -0.2) is 4.98 Å². The van der Waals surface area contributed by atoms with E-state index in [1.54, 1.807) is 17.8 Å². The van der Waals surface area contributed by atoms with Crippen LogP contribution >= 0.6 is 0 Å². The van der Waals surface area contributed by atoms with Gasteiger partial charge in [-0.3, -0.25) is 4.79 Å². The average molecular weight is 414 g/mol. The number of carbonyl (C=O) groups is 1. The van der Waals surface area contributed by atoms with Crippen LogP contribution in [0.25, 0.3) is 16.9 Å². The van der Waals surface area contributed by atoms with Crippen LogP contribution in [0.5, 0.6) is 0 Å². The van der Waals surface area contributed by atoms with Gasteiger partial charge in [-0.1, -0.05) is 23.4 Å². The van der Waals surface area contributed by atoms with E-state index in [1.165, 1.54) is 17.5 Å². The molecule has 8 heteroatoms. The highest BCUT2D eigenvalue weighted by Gasteiger charge is 2.15. The van der Waals surface area contributed by atoms with Gasteiger partial charge in [0.1, 0.15) is 0 Å². The molecule has 0 spiro atoms. The highest BCUT2D eigenvalue weighted by Crippen LogP contribution is 2.25. The van der Waals surface area contributed by atoms with Gasteiger partial charge in [0, 0.05) is 5.69 Å². The highest BCUT2D eigenvalue weighted by molar-refractivity contribution is 5.74. The van der Waals surface area contributed by atoms with Crippen molar-refractivity contribution < 1.29 is 9.53 Å². The number of ether oxygens (including phenoxy) is 1. The van der Waals surface area contributed by atoms with Gasteiger partial charge in [0.05, 0.1) is 24.9 Å². The maximum atomic E-state index is 11.6. The summed E-state index contributed by atoms with van der Waals surface area (Å²) in [5, 5.41) is 11.7. The topological polar surface area (TPSA) is 94.8 Å². The number of benzene rings is 2. The van der Waals surface area contributed by atoms with Gasteiger partial charge in [0.2, 0.25) is 5.95 Å². The molecule has 1 aliphatic rings. The monoisotopic (exact) mass is 414 g/mol. The molecule has 0 radical (unpaired) electrons. The van der Waals surface area contributed by atoms with Crippen molar-refractivity contribution in [2.45, 2.75) is 32.6 Å². The third-order valence-electron chi connectivity index (χ3n) is 5.38. The molecule has 2 aromatic heterocycles. The van der Waals surface area contributed by atoms with Crippen molar-refractivity contribution in [2.75, 3.05) is 11.9 Å². The van der Waals surface area contributed by atoms with E-state index in [0.717, 1.165) is 29.8 Å². The summed E-state index contributed by atoms with van der Waals surface area (Å²) in [5.41, 5.74) is 6.73. The minimum Gasteiger partial charge on any atom is -0.466 e. The van der Waals surface area contributed by atoms with Crippen LogP contribution in [0.4, 0.5) is 11.6 Å². The van der Waals surface area contributed by atoms with Crippen molar-refractivity contribution in [3.8, 4) is 5.69 Å². The molecule has 0 amide bonds. The maximum Gasteiger partial charge on any atom is 0.310 e. The molecule has 31 heavy (non-hydrogen) atoms. The molecule has 1 N–H and O–H groups in total. The Balaban J connectivity index is 1.38. The number of nitrogens with zero attached hydrogens (tertiary/aromatic N) is 5. The van der Waals surface area contributed by atoms with E-state index in [2.05, 4.69) is 43.8 Å². The Kier molecular flexibility index (Phi) is 5.03. The smallest absolute Gasteiger partial charge is 0.310 e. The van der Waals surface area contributed by atoms with E-state index in [-0.39, 0.29) is 12.4 Å². The molecule has 2 heterocycles. The van der Waals surface area contributed by atoms with E-state index < -0.39 is 0 Å². The summed E-state index contributed by atoms with van der Waals surface area (Å²) in [5.74, 6) is 0.222. The van der Waals surface area contributed by atoms with Crippen molar-refractivity contribution in [1.82, 2.24) is 25.0 Å². The third kappa shape index (κ3) is 3.96. The second kappa shape index (κ2) is 8.14. The molecule has 0 atom stereocenters. The van der Waals surface area contributed by atoms with E-state index in [0.29, 0.717) is 23.7 Å². The van der Waals surface area contributed by atoms with E-state index in [1.807, 2.05) is 24.3 Å². The lowest BCUT2D eigenvalue weighted by atomic mass is 10.1. The van der Waals surface area contributed by atoms with Crippen LogP contribution in [0.1, 0.15) is 30.0 Å². The summed E-state index contributed by atoms with van der Waals surface area (Å²) in [6.07, 6.45) is 5.36. The summed E-state index contributed by atoms with van der Waals surface area (Å²) in [6, 6.07) is 14.0. The molecule has 0 saturated carbocycles. The molecule has 0 aliphatic heterocycles. The average Bonchev–Trinajstić information content (AvgIpc) is 3.41. The minimum absolute atomic E-state index is 0.232. The van der Waals surface area contributed by atoms with Crippen LogP contribution < -0.4 is 5.32 Å². The van der Waals surface area contributed by atoms with Crippen molar-refractivity contribution in [3.63, 3.8) is 0 Å². The lowest BCUT2D eigenvalue weighted by Gasteiger charge is -2.08. The number of nitrogens with one attached hydrogen (secondary N) is 1. The maximum absolute atomic E-state index is 11.6. The number of fused-ring (bicyclic) bond motifs is 2. The quantitative estimate of drug-likeness (QED) is 0.482. The zero-order valence-electron chi connectivity index (χ0n) is 17.2. The normalized spacial score (nSPS) is 12.7. The number of esters is 1. The molecule has 2 aromatic carbocycles. The number of rotatable bonds is 6. The summed E-state index contributed by atoms with van der Waals surface area (Å²) in [7, 11) is 0. The Morgan fingerprint density at radius 1 is 1.13 bits per heavy atom. The number of aromatic nitrogens is 5. The second-order valence-corrected chi connectivity index (χ2v) is 7.51. The van der Waals surface area contributed by atoms with Gasteiger partial charge in [-0.05, 0) is 67.1 Å². The van der Waals surface area contributed by atoms with Crippen LogP contribution in [0.2, 0.25) is 0 Å². The first-order chi connectivity index (χ1) is 15.2. The van der Waals surface area contributed by atoms with Crippen molar-refractivity contribution in [1.29, 1.82) is 0 Å². The molecule has 156 valence electrons. The zero-order valence-corrected chi connectivity index (χ0v) is 17.2. The zero-order chi connectivity index (χ0) is 21.2. The Labute approximate surface area is 179 Å². The van der Waals surface area contributed by atoms with Crippen molar-refractivity contribution in [3.05, 3.63) is 65.4 Å². The molecule has 8 nitrogen and oxygen atoms in total. The van der Waals surface area contributed by atoms with Gasteiger partial charge >= 0.3 is 5.97 Å². The molecular formula is C23H22N6O2. The second-order valence-electron chi connectivity index (χ2n) is 7.51. The molecule has 0 saturated heterocycles. The Morgan fingerprint density at radius 3 is 2.81 bits per heavy atom. The molecule has 0 bridgehead atoms. The predicted octanol–water partition coefficient (Wildman–Crippen LogP) is 3.55. The van der Waals surface area contributed by atoms with Gasteiger partial charge in [0.25, 0.3) is 0 Å². The third-order valence-corrected chi connectivity index (χ3v) is 5.38. The van der Waals surface area contributed by atoms with Gasteiger partial charge in [-0.2, -0.15) is 9.67 Å². The Bertz CT molecular complexity index is 1250. The molecule has 5 rings (SSSR count). The first-order valence-electron chi connectivity index (χ1n) is 10.4. The van der Waals surface area contributed by atoms with Gasteiger partial charge in [-0.15, -0.1) is 5.10 Å². The standard InChI is InChI=1S/C23H22N6O2/c1-2-31-21(30)12-15-6-9-18(10-7-15)25-23-24-14-20-22(26-23)29(28-27-20)19-11-8-16-4-3-5-17(16)13-19/h6-11,13-14H,2-5,12H2,1H3,(H,24,25,26). The first-order valence-corrected chi connectivity index (χ1v) is 10.4. The molecule has 0 fully saturated rings. The predicted molar refractivity (Wildman–Crippen MR) is 117 cm³/mol. The molecule has 4 aromatic rings. The highest BCUT2D eigenvalue weighted by atomic mass is 16.5. The lowest BCUT2D eigenvalue weighted by Crippen LogP contribution is -2.07. The summed E-state index contributed by atoms with van der Waals surface area (Å²) in [4.78, 5) is 20.6.